The highest BCUT2D eigenvalue weighted by Gasteiger charge is 2.45. The second-order valence-corrected chi connectivity index (χ2v) is 9.70. The second-order valence-electron chi connectivity index (χ2n) is 9.27. The highest BCUT2D eigenvalue weighted by Crippen LogP contribution is 2.27. The van der Waals surface area contributed by atoms with Crippen molar-refractivity contribution in [1.82, 2.24) is 15.1 Å². The van der Waals surface area contributed by atoms with E-state index in [0.29, 0.717) is 30.3 Å². The van der Waals surface area contributed by atoms with Gasteiger partial charge in [-0.2, -0.15) is 0 Å². The van der Waals surface area contributed by atoms with Gasteiger partial charge >= 0.3 is 0 Å². The van der Waals surface area contributed by atoms with Crippen LogP contribution >= 0.6 is 11.6 Å². The third-order valence-electron chi connectivity index (χ3n) is 6.96. The molecule has 3 atom stereocenters. The lowest BCUT2D eigenvalue weighted by molar-refractivity contribution is -0.137. The van der Waals surface area contributed by atoms with E-state index in [9.17, 15) is 14.7 Å². The van der Waals surface area contributed by atoms with Gasteiger partial charge < -0.3 is 25.5 Å². The molecule has 3 aliphatic rings. The van der Waals surface area contributed by atoms with Crippen LogP contribution in [0.3, 0.4) is 0 Å². The minimum Gasteiger partial charge on any atom is -0.508 e. The lowest BCUT2D eigenvalue weighted by Gasteiger charge is -2.39. The van der Waals surface area contributed by atoms with Crippen LogP contribution in [0, 0.1) is 5.92 Å². The van der Waals surface area contributed by atoms with E-state index in [1.807, 2.05) is 29.2 Å². The number of carbonyl (C=O) groups excluding carboxylic acids is 2. The van der Waals surface area contributed by atoms with Gasteiger partial charge in [0.25, 0.3) is 0 Å². The molecule has 0 aliphatic carbocycles. The van der Waals surface area contributed by atoms with E-state index in [0.717, 1.165) is 38.3 Å². The Labute approximate surface area is 204 Å². The Morgan fingerprint density at radius 1 is 1.06 bits per heavy atom. The van der Waals surface area contributed by atoms with Gasteiger partial charge in [-0.25, -0.2) is 0 Å². The normalized spacial score (nSPS) is 23.6. The highest BCUT2D eigenvalue weighted by atomic mass is 35.5. The summed E-state index contributed by atoms with van der Waals surface area (Å²) in [5.74, 6) is 0.109. The molecule has 9 heteroatoms. The number of halogens is 1. The van der Waals surface area contributed by atoms with Crippen LogP contribution in [-0.2, 0) is 9.59 Å². The largest absolute Gasteiger partial charge is 0.508 e. The number of phenolic OH excluding ortho intramolecular Hbond substituents is 1. The number of rotatable bonds is 6. The number of anilines is 2. The zero-order valence-electron chi connectivity index (χ0n) is 19.0. The van der Waals surface area contributed by atoms with Gasteiger partial charge in [-0.15, -0.1) is 0 Å². The van der Waals surface area contributed by atoms with E-state index in [1.165, 1.54) is 0 Å². The van der Waals surface area contributed by atoms with Crippen LogP contribution in [-0.4, -0.2) is 84.6 Å². The summed E-state index contributed by atoms with van der Waals surface area (Å²) in [6.45, 7) is 5.02. The zero-order valence-corrected chi connectivity index (χ0v) is 19.7. The van der Waals surface area contributed by atoms with Gasteiger partial charge in [-0.1, -0.05) is 17.7 Å². The first-order valence-corrected chi connectivity index (χ1v) is 12.2. The molecule has 5 rings (SSSR count). The predicted octanol–water partition coefficient (Wildman–Crippen LogP) is 2.00. The predicted molar refractivity (Wildman–Crippen MR) is 132 cm³/mol. The molecule has 0 saturated carbocycles. The zero-order chi connectivity index (χ0) is 23.7. The summed E-state index contributed by atoms with van der Waals surface area (Å²) < 4.78 is 0. The van der Waals surface area contributed by atoms with Crippen molar-refractivity contribution < 1.29 is 14.7 Å². The van der Waals surface area contributed by atoms with E-state index >= 15 is 0 Å². The van der Waals surface area contributed by atoms with Crippen molar-refractivity contribution in [3.63, 3.8) is 0 Å². The molecule has 8 nitrogen and oxygen atoms in total. The number of nitrogens with one attached hydrogen (secondary N) is 2. The van der Waals surface area contributed by atoms with E-state index in [2.05, 4.69) is 20.4 Å². The summed E-state index contributed by atoms with van der Waals surface area (Å²) in [6.07, 6.45) is 0.725. The maximum Gasteiger partial charge on any atom is 0.241 e. The number of benzene rings is 2. The van der Waals surface area contributed by atoms with Gasteiger partial charge in [0.05, 0.1) is 5.92 Å². The lowest BCUT2D eigenvalue weighted by Crippen LogP contribution is -2.56. The van der Waals surface area contributed by atoms with Gasteiger partial charge in [0.1, 0.15) is 11.8 Å². The quantitative estimate of drug-likeness (QED) is 0.429. The number of piperazine rings is 1. The Hall–Kier alpha value is -2.81. The third kappa shape index (κ3) is 5.14. The maximum atomic E-state index is 13.5. The van der Waals surface area contributed by atoms with Gasteiger partial charge in [0.2, 0.25) is 11.8 Å². The van der Waals surface area contributed by atoms with Crippen molar-refractivity contribution in [2.75, 3.05) is 56.0 Å². The Morgan fingerprint density at radius 3 is 2.47 bits per heavy atom. The van der Waals surface area contributed by atoms with Crippen LogP contribution < -0.4 is 15.5 Å². The van der Waals surface area contributed by atoms with Crippen molar-refractivity contribution >= 4 is 34.8 Å². The SMILES string of the molecule is O=C(Nc1ccc(O)cc1)[C@@H]1CCN(C(C(=O)N2CCN(c3cccc(Cl)c3)CC2)C2CN2)C1. The van der Waals surface area contributed by atoms with E-state index < -0.39 is 0 Å². The van der Waals surface area contributed by atoms with Crippen LogP contribution in [0.25, 0.3) is 0 Å². The molecular formula is C25H30ClN5O3. The standard InChI is InChI=1S/C25H30ClN5O3/c26-18-2-1-3-20(14-18)29-10-12-30(13-11-29)25(34)23(22-15-27-22)31-9-8-17(16-31)24(33)28-19-4-6-21(32)7-5-19/h1-7,14,17,22-23,27,32H,8-13,15-16H2,(H,28,33)/t17-,22?,23?/m1/s1. The van der Waals surface area contributed by atoms with Crippen LogP contribution in [0.2, 0.25) is 5.02 Å². The molecule has 0 aromatic heterocycles. The van der Waals surface area contributed by atoms with Crippen molar-refractivity contribution in [3.05, 3.63) is 53.6 Å². The topological polar surface area (TPSA) is 98.1 Å². The number of hydrogen-bond donors (Lipinski definition) is 3. The van der Waals surface area contributed by atoms with Crippen molar-refractivity contribution in [2.45, 2.75) is 18.5 Å². The van der Waals surface area contributed by atoms with Gasteiger partial charge in [0, 0.05) is 61.7 Å². The third-order valence-corrected chi connectivity index (χ3v) is 7.19. The van der Waals surface area contributed by atoms with E-state index in [-0.39, 0.29) is 35.6 Å². The Kier molecular flexibility index (Phi) is 6.63. The molecule has 3 N–H and O–H groups in total. The Morgan fingerprint density at radius 2 is 1.79 bits per heavy atom. The molecule has 3 aliphatic heterocycles. The number of hydrogen-bond acceptors (Lipinski definition) is 6. The summed E-state index contributed by atoms with van der Waals surface area (Å²) in [4.78, 5) is 32.7. The number of carbonyl (C=O) groups is 2. The minimum absolute atomic E-state index is 0.0433. The molecule has 2 aromatic carbocycles. The smallest absolute Gasteiger partial charge is 0.241 e. The average Bonchev–Trinajstić information content (AvgIpc) is 3.56. The van der Waals surface area contributed by atoms with E-state index in [1.54, 1.807) is 24.3 Å². The van der Waals surface area contributed by atoms with Crippen molar-refractivity contribution in [2.24, 2.45) is 5.92 Å². The molecule has 2 amide bonds. The van der Waals surface area contributed by atoms with Crippen LogP contribution in [0.5, 0.6) is 5.75 Å². The number of phenols is 1. The lowest BCUT2D eigenvalue weighted by atomic mass is 10.1. The fourth-order valence-corrected chi connectivity index (χ4v) is 5.15. The number of likely N-dealkylation sites (tertiary alicyclic amines) is 1. The van der Waals surface area contributed by atoms with Crippen molar-refractivity contribution in [1.29, 1.82) is 0 Å². The molecule has 2 aromatic rings. The van der Waals surface area contributed by atoms with Crippen LogP contribution in [0.15, 0.2) is 48.5 Å². The second kappa shape index (κ2) is 9.82. The summed E-state index contributed by atoms with van der Waals surface area (Å²) in [7, 11) is 0. The number of aromatic hydroxyl groups is 1. The molecular weight excluding hydrogens is 454 g/mol. The van der Waals surface area contributed by atoms with E-state index in [4.69, 9.17) is 11.6 Å². The fourth-order valence-electron chi connectivity index (χ4n) is 4.96. The summed E-state index contributed by atoms with van der Waals surface area (Å²) >= 11 is 6.14. The molecule has 3 heterocycles. The molecule has 3 fully saturated rings. The summed E-state index contributed by atoms with van der Waals surface area (Å²) in [5.41, 5.74) is 1.75. The summed E-state index contributed by atoms with van der Waals surface area (Å²) in [6, 6.07) is 14.2. The first-order chi connectivity index (χ1) is 16.5. The Balaban J connectivity index is 1.18. The van der Waals surface area contributed by atoms with Gasteiger partial charge in [-0.3, -0.25) is 14.5 Å². The Bertz CT molecular complexity index is 1040. The average molecular weight is 484 g/mol. The monoisotopic (exact) mass is 483 g/mol. The number of nitrogens with zero attached hydrogens (tertiary/aromatic N) is 3. The number of amides is 2. The molecule has 3 saturated heterocycles. The van der Waals surface area contributed by atoms with Gasteiger partial charge in [-0.05, 0) is 55.4 Å². The molecule has 180 valence electrons. The minimum atomic E-state index is -0.232. The first-order valence-electron chi connectivity index (χ1n) is 11.8. The van der Waals surface area contributed by atoms with Crippen LogP contribution in [0.4, 0.5) is 11.4 Å². The van der Waals surface area contributed by atoms with Gasteiger partial charge in [0.15, 0.2) is 0 Å². The first kappa shape index (κ1) is 23.0. The fraction of sp³-hybridized carbons (Fsp3) is 0.440. The molecule has 34 heavy (non-hydrogen) atoms. The van der Waals surface area contributed by atoms with Crippen LogP contribution in [0.1, 0.15) is 6.42 Å². The summed E-state index contributed by atoms with van der Waals surface area (Å²) in [5, 5.41) is 16.4. The molecule has 0 spiro atoms. The maximum absolute atomic E-state index is 13.5. The van der Waals surface area contributed by atoms with Crippen molar-refractivity contribution in [3.8, 4) is 5.75 Å². The molecule has 0 bridgehead atoms. The molecule has 0 radical (unpaired) electrons. The highest BCUT2D eigenvalue weighted by molar-refractivity contribution is 6.30. The molecule has 2 unspecified atom stereocenters.